The molecule has 2 nitrogen and oxygen atoms in total. The second-order valence-electron chi connectivity index (χ2n) is 2.23. The van der Waals surface area contributed by atoms with E-state index in [1.165, 1.54) is 6.21 Å². The summed E-state index contributed by atoms with van der Waals surface area (Å²) >= 11 is 0. The molecule has 0 aromatic heterocycles. The van der Waals surface area contributed by atoms with Crippen LogP contribution in [0.2, 0.25) is 0 Å². The average Bonchev–Trinajstić information content (AvgIpc) is 2.15. The van der Waals surface area contributed by atoms with Gasteiger partial charge >= 0.3 is 0 Å². The van der Waals surface area contributed by atoms with Gasteiger partial charge in [0.25, 0.3) is 0 Å². The van der Waals surface area contributed by atoms with E-state index in [2.05, 4.69) is 11.8 Å². The van der Waals surface area contributed by atoms with Crippen LogP contribution in [0.3, 0.4) is 0 Å². The van der Waals surface area contributed by atoms with Crippen molar-refractivity contribution in [3.05, 3.63) is 35.4 Å². The Labute approximate surface area is 71.4 Å². The summed E-state index contributed by atoms with van der Waals surface area (Å²) in [7, 11) is 0. The summed E-state index contributed by atoms with van der Waals surface area (Å²) in [6.07, 6.45) is 1.27. The van der Waals surface area contributed by atoms with Crippen molar-refractivity contribution in [2.75, 3.05) is 6.61 Å². The van der Waals surface area contributed by atoms with Gasteiger partial charge in [-0.1, -0.05) is 24.0 Å². The van der Waals surface area contributed by atoms with Crippen molar-refractivity contribution in [3.63, 3.8) is 0 Å². The molecule has 1 aromatic carbocycles. The minimum atomic E-state index is -0.130. The molecule has 0 spiro atoms. The molecular formula is C10H9NO. The zero-order chi connectivity index (χ0) is 8.81. The predicted octanol–water partition coefficient (Wildman–Crippen LogP) is 1.03. The first kappa shape index (κ1) is 8.51. The number of nitrogens with one attached hydrogen (secondary N) is 1. The first-order valence-corrected chi connectivity index (χ1v) is 3.57. The van der Waals surface area contributed by atoms with Crippen LogP contribution in [0.25, 0.3) is 0 Å². The van der Waals surface area contributed by atoms with Crippen molar-refractivity contribution in [1.29, 1.82) is 5.41 Å². The molecule has 0 fully saturated rings. The maximum absolute atomic E-state index is 8.44. The quantitative estimate of drug-likeness (QED) is 0.466. The maximum Gasteiger partial charge on any atom is 0.104 e. The lowest BCUT2D eigenvalue weighted by Crippen LogP contribution is -1.81. The van der Waals surface area contributed by atoms with Crippen LogP contribution in [0.5, 0.6) is 0 Å². The molecule has 60 valence electrons. The van der Waals surface area contributed by atoms with Crippen molar-refractivity contribution in [3.8, 4) is 11.8 Å². The van der Waals surface area contributed by atoms with Gasteiger partial charge in [-0.15, -0.1) is 0 Å². The molecule has 0 unspecified atom stereocenters. The largest absolute Gasteiger partial charge is 0.384 e. The zero-order valence-corrected chi connectivity index (χ0v) is 6.54. The van der Waals surface area contributed by atoms with E-state index in [-0.39, 0.29) is 6.61 Å². The summed E-state index contributed by atoms with van der Waals surface area (Å²) in [5, 5.41) is 15.4. The molecule has 0 aliphatic rings. The highest BCUT2D eigenvalue weighted by Crippen LogP contribution is 2.00. The smallest absolute Gasteiger partial charge is 0.104 e. The molecular weight excluding hydrogens is 150 g/mol. The topological polar surface area (TPSA) is 44.1 Å². The second kappa shape index (κ2) is 4.32. The molecule has 0 atom stereocenters. The highest BCUT2D eigenvalue weighted by molar-refractivity contribution is 5.77. The van der Waals surface area contributed by atoms with E-state index in [0.717, 1.165) is 11.1 Å². The van der Waals surface area contributed by atoms with Crippen LogP contribution in [0.4, 0.5) is 0 Å². The lowest BCUT2D eigenvalue weighted by Gasteiger charge is -1.91. The monoisotopic (exact) mass is 159 g/mol. The molecule has 2 N–H and O–H groups in total. The molecule has 0 saturated heterocycles. The SMILES string of the molecule is N=Cc1cccc(C#CCO)c1. The first-order valence-electron chi connectivity index (χ1n) is 3.57. The van der Waals surface area contributed by atoms with E-state index < -0.39 is 0 Å². The molecule has 12 heavy (non-hydrogen) atoms. The number of hydrogen-bond acceptors (Lipinski definition) is 2. The average molecular weight is 159 g/mol. The van der Waals surface area contributed by atoms with Gasteiger partial charge in [-0.05, 0) is 17.7 Å². The molecule has 1 rings (SSSR count). The fourth-order valence-corrected chi connectivity index (χ4v) is 0.848. The molecule has 0 bridgehead atoms. The summed E-state index contributed by atoms with van der Waals surface area (Å²) in [4.78, 5) is 0. The predicted molar refractivity (Wildman–Crippen MR) is 48.3 cm³/mol. The third kappa shape index (κ3) is 2.22. The van der Waals surface area contributed by atoms with Crippen LogP contribution >= 0.6 is 0 Å². The summed E-state index contributed by atoms with van der Waals surface area (Å²) in [6.45, 7) is -0.130. The Morgan fingerprint density at radius 3 is 3.00 bits per heavy atom. The standard InChI is InChI=1S/C10H9NO/c11-8-10-4-1-3-9(7-10)5-2-6-12/h1,3-4,7-8,11-12H,6H2. The summed E-state index contributed by atoms with van der Waals surface area (Å²) in [5.41, 5.74) is 1.64. The van der Waals surface area contributed by atoms with Crippen molar-refractivity contribution in [2.45, 2.75) is 0 Å². The summed E-state index contributed by atoms with van der Waals surface area (Å²) < 4.78 is 0. The summed E-state index contributed by atoms with van der Waals surface area (Å²) in [6, 6.07) is 7.31. The lowest BCUT2D eigenvalue weighted by molar-refractivity contribution is 0.350. The first-order chi connectivity index (χ1) is 5.86. The maximum atomic E-state index is 8.44. The third-order valence-electron chi connectivity index (χ3n) is 1.37. The van der Waals surface area contributed by atoms with Crippen molar-refractivity contribution < 1.29 is 5.11 Å². The van der Waals surface area contributed by atoms with Gasteiger partial charge in [0.05, 0.1) is 0 Å². The van der Waals surface area contributed by atoms with Crippen LogP contribution in [-0.4, -0.2) is 17.9 Å². The van der Waals surface area contributed by atoms with Gasteiger partial charge in [0.1, 0.15) is 6.61 Å². The second-order valence-corrected chi connectivity index (χ2v) is 2.23. The molecule has 0 saturated carbocycles. The fraction of sp³-hybridized carbons (Fsp3) is 0.100. The molecule has 0 aliphatic heterocycles. The zero-order valence-electron chi connectivity index (χ0n) is 6.54. The van der Waals surface area contributed by atoms with E-state index in [4.69, 9.17) is 10.5 Å². The highest BCUT2D eigenvalue weighted by Gasteiger charge is 1.87. The number of aliphatic hydroxyl groups is 1. The highest BCUT2D eigenvalue weighted by atomic mass is 16.2. The third-order valence-corrected chi connectivity index (χ3v) is 1.37. The van der Waals surface area contributed by atoms with Gasteiger partial charge in [0, 0.05) is 11.8 Å². The minimum Gasteiger partial charge on any atom is -0.384 e. The number of aliphatic hydroxyl groups excluding tert-OH is 1. The Hall–Kier alpha value is -1.59. The molecule has 1 aromatic rings. The summed E-state index contributed by atoms with van der Waals surface area (Å²) in [5.74, 6) is 5.31. The van der Waals surface area contributed by atoms with Crippen LogP contribution in [-0.2, 0) is 0 Å². The Bertz CT molecular complexity index is 333. The Balaban J connectivity index is 2.93. The normalized spacial score (nSPS) is 8.42. The molecule has 0 aliphatic carbocycles. The Kier molecular flexibility index (Phi) is 3.06. The molecule has 0 amide bonds. The van der Waals surface area contributed by atoms with E-state index >= 15 is 0 Å². The number of hydrogen-bond donors (Lipinski definition) is 2. The number of rotatable bonds is 1. The Morgan fingerprint density at radius 2 is 2.33 bits per heavy atom. The molecule has 0 radical (unpaired) electrons. The minimum absolute atomic E-state index is 0.130. The number of benzene rings is 1. The van der Waals surface area contributed by atoms with Crippen molar-refractivity contribution in [1.82, 2.24) is 0 Å². The van der Waals surface area contributed by atoms with Gasteiger partial charge in [0.15, 0.2) is 0 Å². The van der Waals surface area contributed by atoms with Gasteiger partial charge < -0.3 is 10.5 Å². The molecule has 2 heteroatoms. The Morgan fingerprint density at radius 1 is 1.50 bits per heavy atom. The van der Waals surface area contributed by atoms with Gasteiger partial charge in [-0.2, -0.15) is 0 Å². The van der Waals surface area contributed by atoms with Crippen molar-refractivity contribution >= 4 is 6.21 Å². The van der Waals surface area contributed by atoms with Gasteiger partial charge in [0.2, 0.25) is 0 Å². The van der Waals surface area contributed by atoms with E-state index in [0.29, 0.717) is 0 Å². The molecule has 0 heterocycles. The van der Waals surface area contributed by atoms with Crippen molar-refractivity contribution in [2.24, 2.45) is 0 Å². The lowest BCUT2D eigenvalue weighted by atomic mass is 10.1. The van der Waals surface area contributed by atoms with Crippen LogP contribution in [0.15, 0.2) is 24.3 Å². The van der Waals surface area contributed by atoms with Crippen LogP contribution in [0.1, 0.15) is 11.1 Å². The van der Waals surface area contributed by atoms with Gasteiger partial charge in [-0.3, -0.25) is 0 Å². The van der Waals surface area contributed by atoms with Gasteiger partial charge in [-0.25, -0.2) is 0 Å². The van der Waals surface area contributed by atoms with E-state index in [1.54, 1.807) is 6.07 Å². The fourth-order valence-electron chi connectivity index (χ4n) is 0.848. The van der Waals surface area contributed by atoms with Crippen LogP contribution < -0.4 is 0 Å². The van der Waals surface area contributed by atoms with E-state index in [9.17, 15) is 0 Å². The van der Waals surface area contributed by atoms with Crippen LogP contribution in [0, 0.1) is 17.3 Å². The van der Waals surface area contributed by atoms with E-state index in [1.807, 2.05) is 18.2 Å².